The molecule has 106 valence electrons. The van der Waals surface area contributed by atoms with E-state index in [0.29, 0.717) is 16.5 Å². The monoisotopic (exact) mass is 251 g/mol. The highest BCUT2D eigenvalue weighted by Gasteiger charge is 2.53. The summed E-state index contributed by atoms with van der Waals surface area (Å²) < 4.78 is 0. The summed E-state index contributed by atoms with van der Waals surface area (Å²) in [7, 11) is 0. The van der Waals surface area contributed by atoms with E-state index in [1.807, 2.05) is 0 Å². The zero-order chi connectivity index (χ0) is 13.6. The van der Waals surface area contributed by atoms with E-state index in [0.717, 1.165) is 6.04 Å². The Labute approximate surface area is 114 Å². The van der Waals surface area contributed by atoms with E-state index in [-0.39, 0.29) is 0 Å². The van der Waals surface area contributed by atoms with Crippen LogP contribution in [0.15, 0.2) is 0 Å². The molecule has 1 saturated carbocycles. The van der Waals surface area contributed by atoms with Crippen molar-refractivity contribution in [3.8, 4) is 0 Å². The lowest BCUT2D eigenvalue weighted by molar-refractivity contribution is -0.0425. The Morgan fingerprint density at radius 2 is 1.39 bits per heavy atom. The molecule has 18 heavy (non-hydrogen) atoms. The van der Waals surface area contributed by atoms with E-state index in [1.54, 1.807) is 0 Å². The summed E-state index contributed by atoms with van der Waals surface area (Å²) in [5, 5.41) is 0. The SMILES string of the molecule is CC(C)(C)C1CCC2(CCCCC2)N1C(C)(C)C. The zero-order valence-electron chi connectivity index (χ0n) is 13.5. The molecule has 1 saturated heterocycles. The molecule has 0 N–H and O–H groups in total. The van der Waals surface area contributed by atoms with Gasteiger partial charge in [-0.15, -0.1) is 0 Å². The molecule has 1 unspecified atom stereocenters. The lowest BCUT2D eigenvalue weighted by atomic mass is 9.77. The summed E-state index contributed by atoms with van der Waals surface area (Å²) in [6, 6.07) is 0.760. The minimum Gasteiger partial charge on any atom is -0.289 e. The predicted octanol–water partition coefficient (Wildman–Crippen LogP) is 5.00. The zero-order valence-corrected chi connectivity index (χ0v) is 13.5. The first kappa shape index (κ1) is 14.4. The highest BCUT2D eigenvalue weighted by Crippen LogP contribution is 2.51. The van der Waals surface area contributed by atoms with Crippen molar-refractivity contribution in [1.82, 2.24) is 4.90 Å². The largest absolute Gasteiger partial charge is 0.289 e. The fourth-order valence-electron chi connectivity index (χ4n) is 4.69. The van der Waals surface area contributed by atoms with Crippen LogP contribution in [0, 0.1) is 5.41 Å². The van der Waals surface area contributed by atoms with Crippen LogP contribution in [0.1, 0.15) is 86.5 Å². The summed E-state index contributed by atoms with van der Waals surface area (Å²) in [6.07, 6.45) is 10.1. The average molecular weight is 251 g/mol. The molecule has 2 rings (SSSR count). The molecule has 0 aromatic rings. The third-order valence-corrected chi connectivity index (χ3v) is 5.21. The smallest absolute Gasteiger partial charge is 0.0218 e. The van der Waals surface area contributed by atoms with Crippen LogP contribution in [0.3, 0.4) is 0 Å². The number of hydrogen-bond acceptors (Lipinski definition) is 1. The van der Waals surface area contributed by atoms with Gasteiger partial charge in [0.1, 0.15) is 0 Å². The van der Waals surface area contributed by atoms with Crippen LogP contribution in [-0.4, -0.2) is 22.0 Å². The second-order valence-corrected chi connectivity index (χ2v) is 8.75. The standard InChI is InChI=1S/C17H33N/c1-15(2,3)14-10-13-17(11-8-7-9-12-17)18(14)16(4,5)6/h14H,7-13H2,1-6H3. The van der Waals surface area contributed by atoms with Gasteiger partial charge in [-0.1, -0.05) is 40.0 Å². The topological polar surface area (TPSA) is 3.24 Å². The third kappa shape index (κ3) is 2.48. The van der Waals surface area contributed by atoms with Gasteiger partial charge in [0, 0.05) is 17.1 Å². The van der Waals surface area contributed by atoms with Crippen LogP contribution in [0.4, 0.5) is 0 Å². The summed E-state index contributed by atoms with van der Waals surface area (Å²) in [5.74, 6) is 0. The lowest BCUT2D eigenvalue weighted by Crippen LogP contribution is -2.59. The maximum absolute atomic E-state index is 2.93. The second kappa shape index (κ2) is 4.51. The summed E-state index contributed by atoms with van der Waals surface area (Å²) in [6.45, 7) is 14.6. The second-order valence-electron chi connectivity index (χ2n) is 8.75. The van der Waals surface area contributed by atoms with E-state index in [4.69, 9.17) is 0 Å². The number of hydrogen-bond donors (Lipinski definition) is 0. The first-order valence-corrected chi connectivity index (χ1v) is 7.96. The van der Waals surface area contributed by atoms with E-state index in [9.17, 15) is 0 Å². The van der Waals surface area contributed by atoms with Crippen molar-refractivity contribution >= 4 is 0 Å². The molecule has 0 aromatic carbocycles. The maximum atomic E-state index is 2.93. The molecule has 1 aliphatic heterocycles. The molecule has 1 atom stereocenters. The van der Waals surface area contributed by atoms with Gasteiger partial charge in [0.15, 0.2) is 0 Å². The van der Waals surface area contributed by atoms with Gasteiger partial charge in [-0.3, -0.25) is 4.90 Å². The number of likely N-dealkylation sites (tertiary alicyclic amines) is 1. The highest BCUT2D eigenvalue weighted by molar-refractivity contribution is 5.08. The van der Waals surface area contributed by atoms with Crippen LogP contribution in [0.25, 0.3) is 0 Å². The Balaban J connectivity index is 2.32. The lowest BCUT2D eigenvalue weighted by Gasteiger charge is -2.53. The van der Waals surface area contributed by atoms with Crippen molar-refractivity contribution in [3.63, 3.8) is 0 Å². The molecule has 1 nitrogen and oxygen atoms in total. The van der Waals surface area contributed by atoms with Gasteiger partial charge in [-0.2, -0.15) is 0 Å². The number of nitrogens with zero attached hydrogens (tertiary/aromatic N) is 1. The molecule has 2 aliphatic rings. The minimum absolute atomic E-state index is 0.311. The van der Waals surface area contributed by atoms with Gasteiger partial charge >= 0.3 is 0 Å². The molecule has 0 aromatic heterocycles. The van der Waals surface area contributed by atoms with Crippen LogP contribution in [0.5, 0.6) is 0 Å². The Hall–Kier alpha value is -0.0400. The molecule has 0 amide bonds. The Kier molecular flexibility index (Phi) is 3.60. The number of rotatable bonds is 0. The van der Waals surface area contributed by atoms with Gasteiger partial charge in [0.25, 0.3) is 0 Å². The third-order valence-electron chi connectivity index (χ3n) is 5.21. The summed E-state index contributed by atoms with van der Waals surface area (Å²) in [5.41, 5.74) is 1.26. The van der Waals surface area contributed by atoms with Crippen molar-refractivity contribution in [2.75, 3.05) is 0 Å². The fourth-order valence-corrected chi connectivity index (χ4v) is 4.69. The molecular formula is C17H33N. The first-order valence-electron chi connectivity index (χ1n) is 7.96. The van der Waals surface area contributed by atoms with E-state index in [1.165, 1.54) is 44.9 Å². The molecule has 1 aliphatic carbocycles. The van der Waals surface area contributed by atoms with Crippen molar-refractivity contribution < 1.29 is 0 Å². The van der Waals surface area contributed by atoms with Crippen LogP contribution in [-0.2, 0) is 0 Å². The average Bonchev–Trinajstić information content (AvgIpc) is 2.57. The molecule has 1 heterocycles. The Bertz CT molecular complexity index is 286. The van der Waals surface area contributed by atoms with Crippen molar-refractivity contribution in [2.24, 2.45) is 5.41 Å². The van der Waals surface area contributed by atoms with Gasteiger partial charge in [-0.25, -0.2) is 0 Å². The van der Waals surface area contributed by atoms with E-state index >= 15 is 0 Å². The quantitative estimate of drug-likeness (QED) is 0.585. The molecular weight excluding hydrogens is 218 g/mol. The first-order chi connectivity index (χ1) is 8.17. The predicted molar refractivity (Wildman–Crippen MR) is 79.9 cm³/mol. The summed E-state index contributed by atoms with van der Waals surface area (Å²) in [4.78, 5) is 2.93. The van der Waals surface area contributed by atoms with E-state index < -0.39 is 0 Å². The minimum atomic E-state index is 0.311. The Morgan fingerprint density at radius 3 is 1.83 bits per heavy atom. The summed E-state index contributed by atoms with van der Waals surface area (Å²) >= 11 is 0. The molecule has 0 bridgehead atoms. The van der Waals surface area contributed by atoms with E-state index in [2.05, 4.69) is 46.4 Å². The van der Waals surface area contributed by atoms with Crippen molar-refractivity contribution in [3.05, 3.63) is 0 Å². The fraction of sp³-hybridized carbons (Fsp3) is 1.00. The van der Waals surface area contributed by atoms with Gasteiger partial charge in [-0.05, 0) is 51.9 Å². The van der Waals surface area contributed by atoms with Gasteiger partial charge in [0.05, 0.1) is 0 Å². The van der Waals surface area contributed by atoms with Gasteiger partial charge < -0.3 is 0 Å². The molecule has 1 heteroatoms. The Morgan fingerprint density at radius 1 is 0.833 bits per heavy atom. The van der Waals surface area contributed by atoms with Gasteiger partial charge in [0.2, 0.25) is 0 Å². The van der Waals surface area contributed by atoms with Crippen LogP contribution in [0.2, 0.25) is 0 Å². The van der Waals surface area contributed by atoms with Crippen molar-refractivity contribution in [2.45, 2.75) is 104 Å². The van der Waals surface area contributed by atoms with Crippen molar-refractivity contribution in [1.29, 1.82) is 0 Å². The van der Waals surface area contributed by atoms with Crippen LogP contribution < -0.4 is 0 Å². The van der Waals surface area contributed by atoms with Crippen LogP contribution >= 0.6 is 0 Å². The molecule has 0 radical (unpaired) electrons. The molecule has 2 fully saturated rings. The normalized spacial score (nSPS) is 30.0. The highest BCUT2D eigenvalue weighted by atomic mass is 15.3. The maximum Gasteiger partial charge on any atom is 0.0218 e. The molecule has 1 spiro atoms.